The molecule has 5 heteroatoms. The van der Waals surface area contributed by atoms with Gasteiger partial charge >= 0.3 is 6.09 Å². The molecule has 1 aromatic heterocycles. The minimum Gasteiger partial charge on any atom is -0.447 e. The number of hydrogen-bond donors (Lipinski definition) is 1. The first-order valence-electron chi connectivity index (χ1n) is 6.68. The quantitative estimate of drug-likeness (QED) is 0.933. The van der Waals surface area contributed by atoms with Crippen molar-refractivity contribution in [1.82, 2.24) is 10.2 Å². The number of H-pyrrole nitrogens is 1. The average molecular weight is 271 g/mol. The number of benzene rings is 1. The summed E-state index contributed by atoms with van der Waals surface area (Å²) in [4.78, 5) is 13.6. The van der Waals surface area contributed by atoms with E-state index in [1.54, 1.807) is 4.90 Å². The molecule has 0 radical (unpaired) electrons. The molecular weight excluding hydrogens is 254 g/mol. The summed E-state index contributed by atoms with van der Waals surface area (Å²) in [6.07, 6.45) is 0.443. The van der Waals surface area contributed by atoms with Crippen molar-refractivity contribution in [3.8, 4) is 0 Å². The van der Waals surface area contributed by atoms with Gasteiger partial charge in [-0.05, 0) is 25.8 Å². The Morgan fingerprint density at radius 2 is 2.10 bits per heavy atom. The second-order valence-electron chi connectivity index (χ2n) is 5.09. The fourth-order valence-corrected chi connectivity index (χ4v) is 2.46. The van der Waals surface area contributed by atoms with Gasteiger partial charge in [0.25, 0.3) is 0 Å². The van der Waals surface area contributed by atoms with Crippen LogP contribution in [-0.4, -0.2) is 28.9 Å². The molecule has 1 aliphatic rings. The number of hydrogen-bond acceptors (Lipinski definition) is 3. The fraction of sp³-hybridized carbons (Fsp3) is 0.333. The zero-order chi connectivity index (χ0) is 14.1. The van der Waals surface area contributed by atoms with Gasteiger partial charge in [-0.15, -0.1) is 0 Å². The Kier molecular flexibility index (Phi) is 3.18. The Morgan fingerprint density at radius 1 is 1.35 bits per heavy atom. The summed E-state index contributed by atoms with van der Waals surface area (Å²) in [7, 11) is 0. The number of aromatic nitrogens is 2. The van der Waals surface area contributed by atoms with Gasteiger partial charge in [-0.25, -0.2) is 4.79 Å². The van der Waals surface area contributed by atoms with Gasteiger partial charge in [0, 0.05) is 11.3 Å². The van der Waals surface area contributed by atoms with E-state index in [0.717, 1.165) is 17.7 Å². The first kappa shape index (κ1) is 12.7. The van der Waals surface area contributed by atoms with Gasteiger partial charge in [0.1, 0.15) is 6.61 Å². The maximum atomic E-state index is 12.0. The van der Waals surface area contributed by atoms with Crippen LogP contribution in [-0.2, 0) is 11.2 Å². The average Bonchev–Trinajstić information content (AvgIpc) is 2.96. The van der Waals surface area contributed by atoms with Crippen molar-refractivity contribution in [1.29, 1.82) is 0 Å². The monoisotopic (exact) mass is 271 g/mol. The lowest BCUT2D eigenvalue weighted by molar-refractivity contribution is 0.178. The van der Waals surface area contributed by atoms with E-state index in [9.17, 15) is 4.79 Å². The molecule has 5 nitrogen and oxygen atoms in total. The van der Waals surface area contributed by atoms with Crippen molar-refractivity contribution >= 4 is 11.9 Å². The van der Waals surface area contributed by atoms with Crippen LogP contribution in [0.4, 0.5) is 10.6 Å². The maximum Gasteiger partial charge on any atom is 0.416 e. The molecule has 3 rings (SSSR count). The number of carbonyl (C=O) groups is 1. The molecule has 0 unspecified atom stereocenters. The highest BCUT2D eigenvalue weighted by atomic mass is 16.6. The van der Waals surface area contributed by atoms with Crippen molar-refractivity contribution in [2.24, 2.45) is 0 Å². The summed E-state index contributed by atoms with van der Waals surface area (Å²) in [6.45, 7) is 4.30. The van der Waals surface area contributed by atoms with E-state index in [4.69, 9.17) is 4.74 Å². The normalized spacial score (nSPS) is 18.4. The van der Waals surface area contributed by atoms with Crippen LogP contribution < -0.4 is 4.90 Å². The second kappa shape index (κ2) is 5.00. The van der Waals surface area contributed by atoms with Crippen LogP contribution in [0.3, 0.4) is 0 Å². The summed E-state index contributed by atoms with van der Waals surface area (Å²) < 4.78 is 5.20. The Balaban J connectivity index is 1.87. The van der Waals surface area contributed by atoms with Gasteiger partial charge in [-0.1, -0.05) is 30.3 Å². The number of amides is 1. The largest absolute Gasteiger partial charge is 0.447 e. The molecule has 0 saturated carbocycles. The van der Waals surface area contributed by atoms with Gasteiger partial charge < -0.3 is 4.74 Å². The van der Waals surface area contributed by atoms with E-state index < -0.39 is 0 Å². The number of anilines is 1. The molecule has 20 heavy (non-hydrogen) atoms. The summed E-state index contributed by atoms with van der Waals surface area (Å²) in [5.74, 6) is 0.672. The van der Waals surface area contributed by atoms with Crippen LogP contribution >= 0.6 is 0 Å². The van der Waals surface area contributed by atoms with Crippen molar-refractivity contribution in [3.05, 3.63) is 47.2 Å². The predicted octanol–water partition coefficient (Wildman–Crippen LogP) is 2.59. The van der Waals surface area contributed by atoms with E-state index in [0.29, 0.717) is 12.4 Å². The number of cyclic esters (lactones) is 1. The number of aromatic amines is 1. The Morgan fingerprint density at radius 3 is 2.75 bits per heavy atom. The van der Waals surface area contributed by atoms with Crippen LogP contribution in [0.15, 0.2) is 30.3 Å². The molecule has 2 aromatic rings. The Bertz CT molecular complexity index is 621. The van der Waals surface area contributed by atoms with Crippen LogP contribution in [0.25, 0.3) is 0 Å². The number of ether oxygens (including phenoxy) is 1. The van der Waals surface area contributed by atoms with E-state index in [2.05, 4.69) is 22.3 Å². The molecule has 1 saturated heterocycles. The molecule has 1 aromatic carbocycles. The third kappa shape index (κ3) is 2.15. The number of aryl methyl sites for hydroxylation is 1. The molecule has 2 heterocycles. The molecule has 1 atom stereocenters. The molecule has 1 fully saturated rings. The minimum atomic E-state index is -0.319. The maximum absolute atomic E-state index is 12.0. The smallest absolute Gasteiger partial charge is 0.416 e. The molecule has 1 N–H and O–H groups in total. The topological polar surface area (TPSA) is 58.2 Å². The lowest BCUT2D eigenvalue weighted by Gasteiger charge is -2.19. The highest BCUT2D eigenvalue weighted by molar-refractivity contribution is 5.90. The van der Waals surface area contributed by atoms with Crippen molar-refractivity contribution in [2.45, 2.75) is 26.3 Å². The summed E-state index contributed by atoms with van der Waals surface area (Å²) in [5.41, 5.74) is 3.14. The standard InChI is InChI=1S/C15H17N3O2/c1-10-11(2)16-17-14(10)18-13(9-20-15(18)19)8-12-6-4-3-5-7-12/h3-7,13H,8-9H2,1-2H3,(H,16,17)/t13-/m0/s1. The van der Waals surface area contributed by atoms with Gasteiger partial charge in [0.2, 0.25) is 0 Å². The fourth-order valence-electron chi connectivity index (χ4n) is 2.46. The zero-order valence-electron chi connectivity index (χ0n) is 11.6. The third-order valence-electron chi connectivity index (χ3n) is 3.73. The van der Waals surface area contributed by atoms with Crippen molar-refractivity contribution < 1.29 is 9.53 Å². The molecule has 0 spiro atoms. The SMILES string of the molecule is Cc1[nH]nc(N2C(=O)OC[C@@H]2Cc2ccccc2)c1C. The number of carbonyl (C=O) groups excluding carboxylic acids is 1. The predicted molar refractivity (Wildman–Crippen MR) is 75.8 cm³/mol. The molecular formula is C15H17N3O2. The number of rotatable bonds is 3. The van der Waals surface area contributed by atoms with Gasteiger partial charge in [-0.3, -0.25) is 10.00 Å². The zero-order valence-corrected chi connectivity index (χ0v) is 11.6. The minimum absolute atomic E-state index is 0.00806. The number of nitrogens with zero attached hydrogens (tertiary/aromatic N) is 2. The third-order valence-corrected chi connectivity index (χ3v) is 3.73. The van der Waals surface area contributed by atoms with Crippen LogP contribution in [0.5, 0.6) is 0 Å². The Hall–Kier alpha value is -2.30. The van der Waals surface area contributed by atoms with E-state index in [1.165, 1.54) is 5.56 Å². The molecule has 1 aliphatic heterocycles. The first-order valence-corrected chi connectivity index (χ1v) is 6.68. The summed E-state index contributed by atoms with van der Waals surface area (Å²) >= 11 is 0. The molecule has 104 valence electrons. The van der Waals surface area contributed by atoms with Crippen LogP contribution in [0, 0.1) is 13.8 Å². The molecule has 1 amide bonds. The lowest BCUT2D eigenvalue weighted by atomic mass is 10.1. The van der Waals surface area contributed by atoms with Crippen LogP contribution in [0.1, 0.15) is 16.8 Å². The van der Waals surface area contributed by atoms with Gasteiger partial charge in [-0.2, -0.15) is 5.10 Å². The summed E-state index contributed by atoms with van der Waals surface area (Å²) in [6, 6.07) is 10.1. The Labute approximate surface area is 117 Å². The van der Waals surface area contributed by atoms with Gasteiger partial charge in [0.05, 0.1) is 6.04 Å². The van der Waals surface area contributed by atoms with Crippen molar-refractivity contribution in [3.63, 3.8) is 0 Å². The highest BCUT2D eigenvalue weighted by Crippen LogP contribution is 2.27. The van der Waals surface area contributed by atoms with Gasteiger partial charge in [0.15, 0.2) is 5.82 Å². The molecule has 0 bridgehead atoms. The summed E-state index contributed by atoms with van der Waals surface area (Å²) in [5, 5.41) is 7.16. The number of nitrogens with one attached hydrogen (secondary N) is 1. The van der Waals surface area contributed by atoms with Crippen LogP contribution in [0.2, 0.25) is 0 Å². The van der Waals surface area contributed by atoms with E-state index >= 15 is 0 Å². The van der Waals surface area contributed by atoms with E-state index in [1.807, 2.05) is 32.0 Å². The molecule has 0 aliphatic carbocycles. The van der Waals surface area contributed by atoms with Crippen molar-refractivity contribution in [2.75, 3.05) is 11.5 Å². The highest BCUT2D eigenvalue weighted by Gasteiger charge is 2.36. The second-order valence-corrected chi connectivity index (χ2v) is 5.09. The van der Waals surface area contributed by atoms with E-state index in [-0.39, 0.29) is 12.1 Å². The first-order chi connectivity index (χ1) is 9.66. The lowest BCUT2D eigenvalue weighted by Crippen LogP contribution is -2.35.